The number of methoxy groups -OCH3 is 1. The van der Waals surface area contributed by atoms with Crippen LogP contribution in [0.2, 0.25) is 0 Å². The molecule has 1 heterocycles. The van der Waals surface area contributed by atoms with Gasteiger partial charge in [0.05, 0.1) is 13.4 Å². The van der Waals surface area contributed by atoms with Gasteiger partial charge < -0.3 is 4.74 Å². The number of esters is 1. The van der Waals surface area contributed by atoms with Gasteiger partial charge in [0.15, 0.2) is 0 Å². The van der Waals surface area contributed by atoms with E-state index in [1.807, 2.05) is 4.90 Å². The lowest BCUT2D eigenvalue weighted by atomic mass is 9.98. The average Bonchev–Trinajstić information content (AvgIpc) is 2.08. The van der Waals surface area contributed by atoms with Crippen molar-refractivity contribution in [2.75, 3.05) is 26.5 Å². The van der Waals surface area contributed by atoms with Crippen LogP contribution in [0.5, 0.6) is 0 Å². The van der Waals surface area contributed by atoms with Gasteiger partial charge in [-0.2, -0.15) is 0 Å². The molecule has 1 atom stereocenters. The van der Waals surface area contributed by atoms with Gasteiger partial charge in [0.25, 0.3) is 0 Å². The number of rotatable bonds is 5. The van der Waals surface area contributed by atoms with Crippen molar-refractivity contribution in [3.63, 3.8) is 0 Å². The standard InChI is InChI=1S/C10H20N2O4S/c1-10(2,11-17(4,14)15)7-12-6-5-8(12)9(13)16-3/h8,11H,5-7H2,1-4H3. The largest absolute Gasteiger partial charge is 0.468 e. The van der Waals surface area contributed by atoms with E-state index < -0.39 is 15.6 Å². The van der Waals surface area contributed by atoms with Crippen molar-refractivity contribution in [1.29, 1.82) is 0 Å². The Morgan fingerprint density at radius 3 is 2.47 bits per heavy atom. The second-order valence-electron chi connectivity index (χ2n) is 5.06. The Balaban J connectivity index is 2.57. The van der Waals surface area contributed by atoms with Crippen molar-refractivity contribution >= 4 is 16.0 Å². The molecule has 1 rings (SSSR count). The summed E-state index contributed by atoms with van der Waals surface area (Å²) in [5.74, 6) is -0.258. The van der Waals surface area contributed by atoms with E-state index in [1.165, 1.54) is 7.11 Å². The number of carbonyl (C=O) groups excluding carboxylic acids is 1. The SMILES string of the molecule is COC(=O)C1CCN1CC(C)(C)NS(C)(=O)=O. The maximum Gasteiger partial charge on any atom is 0.323 e. The Morgan fingerprint density at radius 2 is 2.12 bits per heavy atom. The second-order valence-corrected chi connectivity index (χ2v) is 6.80. The zero-order chi connectivity index (χ0) is 13.3. The van der Waals surface area contributed by atoms with Crippen molar-refractivity contribution in [1.82, 2.24) is 9.62 Å². The summed E-state index contributed by atoms with van der Waals surface area (Å²) in [4.78, 5) is 13.3. The molecule has 0 spiro atoms. The summed E-state index contributed by atoms with van der Waals surface area (Å²) < 4.78 is 29.6. The number of likely N-dealkylation sites (tertiary alicyclic amines) is 1. The first-order valence-corrected chi connectivity index (χ1v) is 7.34. The lowest BCUT2D eigenvalue weighted by molar-refractivity contribution is -0.152. The van der Waals surface area contributed by atoms with Crippen LogP contribution in [0.15, 0.2) is 0 Å². The van der Waals surface area contributed by atoms with Crippen LogP contribution in [0.25, 0.3) is 0 Å². The van der Waals surface area contributed by atoms with Gasteiger partial charge >= 0.3 is 5.97 Å². The fourth-order valence-corrected chi connectivity index (χ4v) is 3.14. The molecule has 0 bridgehead atoms. The number of hydrogen-bond donors (Lipinski definition) is 1. The summed E-state index contributed by atoms with van der Waals surface area (Å²) in [6.07, 6.45) is 1.89. The lowest BCUT2D eigenvalue weighted by Crippen LogP contribution is -2.60. The van der Waals surface area contributed by atoms with Crippen LogP contribution < -0.4 is 4.72 Å². The van der Waals surface area contributed by atoms with Crippen molar-refractivity contribution in [3.8, 4) is 0 Å². The smallest absolute Gasteiger partial charge is 0.323 e. The van der Waals surface area contributed by atoms with Crippen LogP contribution in [0.1, 0.15) is 20.3 Å². The fraction of sp³-hybridized carbons (Fsp3) is 0.900. The molecule has 0 aromatic heterocycles. The van der Waals surface area contributed by atoms with Gasteiger partial charge in [0.1, 0.15) is 6.04 Å². The molecule has 0 aromatic carbocycles. The molecule has 0 amide bonds. The van der Waals surface area contributed by atoms with Crippen LogP contribution in [0.3, 0.4) is 0 Å². The summed E-state index contributed by atoms with van der Waals surface area (Å²) in [6.45, 7) is 4.86. The van der Waals surface area contributed by atoms with Gasteiger partial charge in [-0.3, -0.25) is 9.69 Å². The molecule has 0 radical (unpaired) electrons. The second kappa shape index (κ2) is 4.91. The van der Waals surface area contributed by atoms with E-state index >= 15 is 0 Å². The Morgan fingerprint density at radius 1 is 1.53 bits per heavy atom. The van der Waals surface area contributed by atoms with Gasteiger partial charge in [-0.25, -0.2) is 13.1 Å². The number of sulfonamides is 1. The van der Waals surface area contributed by atoms with Crippen molar-refractivity contribution in [3.05, 3.63) is 0 Å². The van der Waals surface area contributed by atoms with Gasteiger partial charge in [-0.05, 0) is 20.3 Å². The Hall–Kier alpha value is -0.660. The van der Waals surface area contributed by atoms with E-state index in [9.17, 15) is 13.2 Å². The first-order valence-electron chi connectivity index (χ1n) is 5.45. The number of hydrogen-bond acceptors (Lipinski definition) is 5. The molecule has 1 fully saturated rings. The summed E-state index contributed by atoms with van der Waals surface area (Å²) in [5, 5.41) is 0. The monoisotopic (exact) mass is 264 g/mol. The van der Waals surface area contributed by atoms with E-state index in [-0.39, 0.29) is 12.0 Å². The molecule has 0 aromatic rings. The Bertz CT molecular complexity index is 391. The zero-order valence-electron chi connectivity index (χ0n) is 10.7. The minimum absolute atomic E-state index is 0.236. The van der Waals surface area contributed by atoms with Gasteiger partial charge in [0, 0.05) is 18.6 Å². The first kappa shape index (κ1) is 14.4. The number of carbonyl (C=O) groups is 1. The van der Waals surface area contributed by atoms with E-state index in [0.29, 0.717) is 6.54 Å². The predicted octanol–water partition coefficient (Wildman–Crippen LogP) is -0.438. The van der Waals surface area contributed by atoms with Gasteiger partial charge in [0.2, 0.25) is 10.0 Å². The first-order chi connectivity index (χ1) is 7.64. The molecule has 0 aliphatic carbocycles. The molecule has 1 aliphatic heterocycles. The summed E-state index contributed by atoms with van der Waals surface area (Å²) >= 11 is 0. The highest BCUT2D eigenvalue weighted by Crippen LogP contribution is 2.21. The summed E-state index contributed by atoms with van der Waals surface area (Å²) in [5.41, 5.74) is -0.597. The molecule has 7 heteroatoms. The third-order valence-corrected chi connectivity index (χ3v) is 3.59. The van der Waals surface area contributed by atoms with Crippen LogP contribution in [0, 0.1) is 0 Å². The predicted molar refractivity (Wildman–Crippen MR) is 64.1 cm³/mol. The number of ether oxygens (including phenoxy) is 1. The Labute approximate surface area is 102 Å². The molecule has 100 valence electrons. The third-order valence-electron chi connectivity index (χ3n) is 2.66. The van der Waals surface area contributed by atoms with Crippen molar-refractivity contribution in [2.24, 2.45) is 0 Å². The Kier molecular flexibility index (Phi) is 4.16. The molecule has 1 unspecified atom stereocenters. The number of nitrogens with zero attached hydrogens (tertiary/aromatic N) is 1. The molecule has 1 aliphatic rings. The minimum Gasteiger partial charge on any atom is -0.468 e. The quantitative estimate of drug-likeness (QED) is 0.681. The molecule has 1 N–H and O–H groups in total. The van der Waals surface area contributed by atoms with E-state index in [4.69, 9.17) is 0 Å². The number of nitrogens with one attached hydrogen (secondary N) is 1. The molecule has 0 saturated carbocycles. The molecule has 6 nitrogen and oxygen atoms in total. The maximum absolute atomic E-state index is 11.4. The van der Waals surface area contributed by atoms with Crippen LogP contribution >= 0.6 is 0 Å². The highest BCUT2D eigenvalue weighted by atomic mass is 32.2. The third kappa shape index (κ3) is 4.25. The average molecular weight is 264 g/mol. The topological polar surface area (TPSA) is 75.7 Å². The fourth-order valence-electron chi connectivity index (χ4n) is 2.07. The molecular weight excluding hydrogens is 244 g/mol. The van der Waals surface area contributed by atoms with E-state index in [0.717, 1.165) is 19.2 Å². The van der Waals surface area contributed by atoms with E-state index in [1.54, 1.807) is 13.8 Å². The van der Waals surface area contributed by atoms with Gasteiger partial charge in [-0.15, -0.1) is 0 Å². The lowest BCUT2D eigenvalue weighted by Gasteiger charge is -2.43. The maximum atomic E-state index is 11.4. The zero-order valence-corrected chi connectivity index (χ0v) is 11.5. The minimum atomic E-state index is -3.25. The van der Waals surface area contributed by atoms with Crippen LogP contribution in [0.4, 0.5) is 0 Å². The van der Waals surface area contributed by atoms with Gasteiger partial charge in [-0.1, -0.05) is 0 Å². The summed E-state index contributed by atoms with van der Waals surface area (Å²) in [7, 11) is -1.89. The van der Waals surface area contributed by atoms with Crippen molar-refractivity contribution < 1.29 is 17.9 Å². The molecule has 1 saturated heterocycles. The molecule has 17 heavy (non-hydrogen) atoms. The highest BCUT2D eigenvalue weighted by molar-refractivity contribution is 7.88. The van der Waals surface area contributed by atoms with Crippen LogP contribution in [-0.2, 0) is 19.6 Å². The van der Waals surface area contributed by atoms with Crippen LogP contribution in [-0.4, -0.2) is 57.3 Å². The highest BCUT2D eigenvalue weighted by Gasteiger charge is 2.38. The van der Waals surface area contributed by atoms with Crippen molar-refractivity contribution in [2.45, 2.75) is 31.8 Å². The normalized spacial score (nSPS) is 22.0. The summed E-state index contributed by atoms with van der Waals surface area (Å²) in [6, 6.07) is -0.236. The van der Waals surface area contributed by atoms with E-state index in [2.05, 4.69) is 9.46 Å². The molecular formula is C10H20N2O4S.